The van der Waals surface area contributed by atoms with Crippen molar-refractivity contribution in [3.63, 3.8) is 0 Å². The number of aryl methyl sites for hydroxylation is 1. The van der Waals surface area contributed by atoms with Crippen LogP contribution in [0.25, 0.3) is 6.08 Å². The maximum atomic E-state index is 12.3. The lowest BCUT2D eigenvalue weighted by atomic mass is 10.2. The highest BCUT2D eigenvalue weighted by Crippen LogP contribution is 2.31. The van der Waals surface area contributed by atoms with Crippen LogP contribution in [0, 0.1) is 6.92 Å². The van der Waals surface area contributed by atoms with Gasteiger partial charge in [-0.15, -0.1) is 18.3 Å². The second-order valence-corrected chi connectivity index (χ2v) is 7.94. The van der Waals surface area contributed by atoms with Crippen molar-refractivity contribution in [2.75, 3.05) is 31.1 Å². The number of amidine groups is 1. The number of hydrogen-bond donors (Lipinski definition) is 0. The van der Waals surface area contributed by atoms with Gasteiger partial charge in [-0.1, -0.05) is 12.1 Å². The van der Waals surface area contributed by atoms with E-state index < -0.39 is 6.36 Å². The Morgan fingerprint density at radius 1 is 1.00 bits per heavy atom. The maximum absolute atomic E-state index is 12.3. The fourth-order valence-electron chi connectivity index (χ4n) is 3.14. The Balaban J connectivity index is 1.36. The van der Waals surface area contributed by atoms with Gasteiger partial charge >= 0.3 is 6.36 Å². The van der Waals surface area contributed by atoms with Gasteiger partial charge in [-0.25, -0.2) is 0 Å². The van der Waals surface area contributed by atoms with E-state index in [0.29, 0.717) is 28.7 Å². The number of benzene rings is 1. The van der Waals surface area contributed by atoms with E-state index in [1.54, 1.807) is 6.08 Å². The minimum Gasteiger partial charge on any atom is -0.406 e. The molecule has 2 aliphatic rings. The molecule has 1 fully saturated rings. The predicted octanol–water partition coefficient (Wildman–Crippen LogP) is 3.48. The van der Waals surface area contributed by atoms with Crippen LogP contribution >= 0.6 is 11.8 Å². The largest absolute Gasteiger partial charge is 0.573 e. The summed E-state index contributed by atoms with van der Waals surface area (Å²) in [5, 5.41) is 8.92. The smallest absolute Gasteiger partial charge is 0.406 e. The number of carbonyl (C=O) groups is 1. The van der Waals surface area contributed by atoms with Gasteiger partial charge in [0.15, 0.2) is 11.0 Å². The van der Waals surface area contributed by atoms with Gasteiger partial charge in [-0.2, -0.15) is 10.1 Å². The highest BCUT2D eigenvalue weighted by molar-refractivity contribution is 8.18. The number of rotatable bonds is 3. The normalized spacial score (nSPS) is 18.5. The quantitative estimate of drug-likeness (QED) is 0.665. The summed E-state index contributed by atoms with van der Waals surface area (Å²) >= 11 is 1.26. The van der Waals surface area contributed by atoms with Gasteiger partial charge < -0.3 is 14.5 Å². The molecule has 11 heteroatoms. The molecule has 31 heavy (non-hydrogen) atoms. The van der Waals surface area contributed by atoms with Crippen molar-refractivity contribution in [3.05, 3.63) is 52.6 Å². The molecule has 0 atom stereocenters. The van der Waals surface area contributed by atoms with Crippen molar-refractivity contribution < 1.29 is 22.7 Å². The summed E-state index contributed by atoms with van der Waals surface area (Å²) in [5.41, 5.74) is 1.45. The van der Waals surface area contributed by atoms with Gasteiger partial charge in [0.1, 0.15) is 5.75 Å². The number of amides is 1. The van der Waals surface area contributed by atoms with Gasteiger partial charge in [0.25, 0.3) is 5.91 Å². The summed E-state index contributed by atoms with van der Waals surface area (Å²) in [6.07, 6.45) is -3.13. The number of aromatic nitrogens is 2. The standard InChI is InChI=1S/C20H18F3N5O2S/c1-13-2-7-17(26-25-13)27-8-10-28(11-9-27)19-24-18(29)16(31-19)12-14-3-5-15(6-4-14)30-20(21,22)23/h2-7,12H,8-11H2,1H3. The third-order valence-corrected chi connectivity index (χ3v) is 5.72. The molecule has 1 saturated heterocycles. The second-order valence-electron chi connectivity index (χ2n) is 6.93. The van der Waals surface area contributed by atoms with E-state index in [1.165, 1.54) is 36.0 Å². The van der Waals surface area contributed by atoms with Crippen LogP contribution in [0.5, 0.6) is 5.75 Å². The number of carbonyl (C=O) groups excluding carboxylic acids is 1. The third kappa shape index (κ3) is 5.35. The Hall–Kier alpha value is -3.08. The summed E-state index contributed by atoms with van der Waals surface area (Å²) in [6.45, 7) is 4.71. The summed E-state index contributed by atoms with van der Waals surface area (Å²) in [5.74, 6) is 0.149. The zero-order chi connectivity index (χ0) is 22.0. The average Bonchev–Trinajstić information content (AvgIpc) is 3.09. The van der Waals surface area contributed by atoms with Crippen LogP contribution in [-0.4, -0.2) is 58.7 Å². The maximum Gasteiger partial charge on any atom is 0.573 e. The van der Waals surface area contributed by atoms with E-state index in [1.807, 2.05) is 24.0 Å². The van der Waals surface area contributed by atoms with E-state index >= 15 is 0 Å². The molecule has 0 N–H and O–H groups in total. The number of piperazine rings is 1. The number of aliphatic imine (C=N–C) groups is 1. The van der Waals surface area contributed by atoms with Gasteiger partial charge in [-0.3, -0.25) is 4.79 Å². The molecule has 2 aliphatic heterocycles. The van der Waals surface area contributed by atoms with Crippen molar-refractivity contribution in [2.45, 2.75) is 13.3 Å². The van der Waals surface area contributed by atoms with Crippen molar-refractivity contribution in [1.29, 1.82) is 0 Å². The average molecular weight is 449 g/mol. The van der Waals surface area contributed by atoms with Crippen LogP contribution in [0.15, 0.2) is 46.3 Å². The molecule has 1 aromatic heterocycles. The fraction of sp³-hybridized carbons (Fsp3) is 0.300. The molecular formula is C20H18F3N5O2S. The van der Waals surface area contributed by atoms with Gasteiger partial charge in [-0.05, 0) is 54.6 Å². The summed E-state index contributed by atoms with van der Waals surface area (Å²) in [7, 11) is 0. The number of nitrogens with zero attached hydrogens (tertiary/aromatic N) is 5. The minimum atomic E-state index is -4.74. The van der Waals surface area contributed by atoms with E-state index in [0.717, 1.165) is 24.6 Å². The molecule has 162 valence electrons. The van der Waals surface area contributed by atoms with Crippen molar-refractivity contribution >= 4 is 34.7 Å². The summed E-state index contributed by atoms with van der Waals surface area (Å²) < 4.78 is 40.7. The van der Waals surface area contributed by atoms with Crippen molar-refractivity contribution in [3.8, 4) is 5.75 Å². The topological polar surface area (TPSA) is 70.9 Å². The Kier molecular flexibility index (Phi) is 5.86. The zero-order valence-corrected chi connectivity index (χ0v) is 17.3. The Morgan fingerprint density at radius 3 is 2.29 bits per heavy atom. The number of hydrogen-bond acceptors (Lipinski definition) is 7. The van der Waals surface area contributed by atoms with E-state index in [2.05, 4.69) is 24.8 Å². The minimum absolute atomic E-state index is 0.312. The van der Waals surface area contributed by atoms with Crippen LogP contribution in [0.1, 0.15) is 11.3 Å². The molecule has 1 amide bonds. The molecule has 0 saturated carbocycles. The first-order valence-electron chi connectivity index (χ1n) is 9.45. The summed E-state index contributed by atoms with van der Waals surface area (Å²) in [4.78, 5) is 21.0. The second kappa shape index (κ2) is 8.58. The highest BCUT2D eigenvalue weighted by atomic mass is 32.2. The zero-order valence-electron chi connectivity index (χ0n) is 16.5. The highest BCUT2D eigenvalue weighted by Gasteiger charge is 2.31. The van der Waals surface area contributed by atoms with Gasteiger partial charge in [0.2, 0.25) is 0 Å². The molecule has 0 radical (unpaired) electrons. The van der Waals surface area contributed by atoms with Gasteiger partial charge in [0.05, 0.1) is 10.6 Å². The third-order valence-electron chi connectivity index (χ3n) is 4.68. The fourth-order valence-corrected chi connectivity index (χ4v) is 4.10. The number of thioether (sulfide) groups is 1. The molecular weight excluding hydrogens is 431 g/mol. The lowest BCUT2D eigenvalue weighted by Crippen LogP contribution is -2.48. The molecule has 3 heterocycles. The Labute approximate surface area is 180 Å². The Morgan fingerprint density at radius 2 is 1.68 bits per heavy atom. The number of ether oxygens (including phenoxy) is 1. The van der Waals surface area contributed by atoms with Crippen LogP contribution in [0.3, 0.4) is 0 Å². The van der Waals surface area contributed by atoms with E-state index in [9.17, 15) is 18.0 Å². The molecule has 1 aromatic carbocycles. The first-order valence-corrected chi connectivity index (χ1v) is 10.3. The number of halogens is 3. The summed E-state index contributed by atoms with van der Waals surface area (Å²) in [6, 6.07) is 9.19. The Bertz CT molecular complexity index is 1010. The molecule has 4 rings (SSSR count). The lowest BCUT2D eigenvalue weighted by Gasteiger charge is -2.35. The molecule has 0 spiro atoms. The van der Waals surface area contributed by atoms with Crippen LogP contribution in [0.2, 0.25) is 0 Å². The predicted molar refractivity (Wildman–Crippen MR) is 112 cm³/mol. The van der Waals surface area contributed by atoms with Crippen LogP contribution < -0.4 is 9.64 Å². The van der Waals surface area contributed by atoms with Crippen LogP contribution in [-0.2, 0) is 4.79 Å². The first kappa shape index (κ1) is 21.2. The van der Waals surface area contributed by atoms with Crippen molar-refractivity contribution in [1.82, 2.24) is 15.1 Å². The SMILES string of the molecule is Cc1ccc(N2CCN(C3=NC(=O)C(=Cc4ccc(OC(F)(F)F)cc4)S3)CC2)nn1. The van der Waals surface area contributed by atoms with Gasteiger partial charge in [0, 0.05) is 26.2 Å². The molecule has 0 aliphatic carbocycles. The molecule has 2 aromatic rings. The molecule has 7 nitrogen and oxygen atoms in total. The molecule has 0 bridgehead atoms. The monoisotopic (exact) mass is 449 g/mol. The van der Waals surface area contributed by atoms with E-state index in [4.69, 9.17) is 0 Å². The van der Waals surface area contributed by atoms with E-state index in [-0.39, 0.29) is 11.7 Å². The van der Waals surface area contributed by atoms with Crippen molar-refractivity contribution in [2.24, 2.45) is 4.99 Å². The van der Waals surface area contributed by atoms with Crippen LogP contribution in [0.4, 0.5) is 19.0 Å². The first-order chi connectivity index (χ1) is 14.8. The lowest BCUT2D eigenvalue weighted by molar-refractivity contribution is -0.274. The number of anilines is 1. The molecule has 0 unspecified atom stereocenters. The number of alkyl halides is 3.